The fourth-order valence-corrected chi connectivity index (χ4v) is 2.74. The molecule has 0 saturated heterocycles. The highest BCUT2D eigenvalue weighted by Crippen LogP contribution is 2.36. The average Bonchev–Trinajstić information content (AvgIpc) is 2.56. The second kappa shape index (κ2) is 6.62. The van der Waals surface area contributed by atoms with Crippen LogP contribution >= 0.6 is 0 Å². The molecule has 124 valence electrons. The Bertz CT molecular complexity index is 761. The number of carbonyl (C=O) groups is 2. The van der Waals surface area contributed by atoms with Crippen LogP contribution in [0, 0.1) is 0 Å². The molecule has 3 rings (SSSR count). The summed E-state index contributed by atoms with van der Waals surface area (Å²) >= 11 is 0. The number of amides is 1. The lowest BCUT2D eigenvalue weighted by Crippen LogP contribution is -2.47. The molecule has 1 atom stereocenters. The number of fused-ring (bicyclic) bond motifs is 1. The van der Waals surface area contributed by atoms with Crippen LogP contribution in [0.4, 0.5) is 11.4 Å². The van der Waals surface area contributed by atoms with Crippen molar-refractivity contribution in [3.05, 3.63) is 54.1 Å². The number of benzene rings is 2. The smallest absolute Gasteiger partial charge is 0.305 e. The molecule has 1 heterocycles. The molecule has 3 N–H and O–H groups in total. The fourth-order valence-electron chi connectivity index (χ4n) is 2.74. The monoisotopic (exact) mass is 326 g/mol. The summed E-state index contributed by atoms with van der Waals surface area (Å²) < 4.78 is 5.85. The van der Waals surface area contributed by atoms with Crippen molar-refractivity contribution in [3.63, 3.8) is 0 Å². The minimum absolute atomic E-state index is 0.0970. The van der Waals surface area contributed by atoms with Gasteiger partial charge in [0.1, 0.15) is 5.75 Å². The van der Waals surface area contributed by atoms with Crippen LogP contribution in [-0.2, 0) is 16.0 Å². The maximum atomic E-state index is 12.8. The van der Waals surface area contributed by atoms with Gasteiger partial charge in [0.2, 0.25) is 0 Å². The Balaban J connectivity index is 1.90. The number of carboxylic acids is 1. The van der Waals surface area contributed by atoms with Gasteiger partial charge in [0.25, 0.3) is 5.91 Å². The maximum absolute atomic E-state index is 12.8. The quantitative estimate of drug-likeness (QED) is 0.821. The molecule has 6 nitrogen and oxygen atoms in total. The van der Waals surface area contributed by atoms with Crippen molar-refractivity contribution >= 4 is 23.3 Å². The molecule has 6 heteroatoms. The van der Waals surface area contributed by atoms with Crippen molar-refractivity contribution in [1.82, 2.24) is 0 Å². The first-order valence-corrected chi connectivity index (χ1v) is 7.68. The second-order valence-corrected chi connectivity index (χ2v) is 5.66. The van der Waals surface area contributed by atoms with Crippen LogP contribution in [0.1, 0.15) is 12.0 Å². The number of hydrogen-bond acceptors (Lipinski definition) is 4. The molecule has 0 fully saturated rings. The number of ether oxygens (including phenoxy) is 1. The molecule has 0 saturated carbocycles. The van der Waals surface area contributed by atoms with Gasteiger partial charge in [-0.2, -0.15) is 0 Å². The normalized spacial score (nSPS) is 16.4. The highest BCUT2D eigenvalue weighted by Gasteiger charge is 2.34. The van der Waals surface area contributed by atoms with Gasteiger partial charge in [-0.05, 0) is 17.7 Å². The zero-order chi connectivity index (χ0) is 17.1. The molecule has 2 aromatic carbocycles. The maximum Gasteiger partial charge on any atom is 0.305 e. The predicted octanol–water partition coefficient (Wildman–Crippen LogP) is 2.08. The van der Waals surface area contributed by atoms with Gasteiger partial charge in [-0.15, -0.1) is 0 Å². The second-order valence-electron chi connectivity index (χ2n) is 5.66. The summed E-state index contributed by atoms with van der Waals surface area (Å²) in [6.07, 6.45) is -0.416. The molecule has 0 aromatic heterocycles. The van der Waals surface area contributed by atoms with Gasteiger partial charge in [0, 0.05) is 24.7 Å². The topological polar surface area (TPSA) is 92.9 Å². The molecule has 1 aliphatic rings. The van der Waals surface area contributed by atoms with Crippen molar-refractivity contribution in [2.24, 2.45) is 0 Å². The van der Waals surface area contributed by atoms with E-state index in [9.17, 15) is 9.59 Å². The highest BCUT2D eigenvalue weighted by molar-refractivity contribution is 6.00. The number of aliphatic carboxylic acids is 1. The van der Waals surface area contributed by atoms with Gasteiger partial charge >= 0.3 is 5.97 Å². The lowest BCUT2D eigenvalue weighted by Gasteiger charge is -2.34. The zero-order valence-corrected chi connectivity index (χ0v) is 13.0. The van der Waals surface area contributed by atoms with Crippen molar-refractivity contribution < 1.29 is 19.4 Å². The Kier molecular flexibility index (Phi) is 4.37. The third-order valence-corrected chi connectivity index (χ3v) is 3.90. The lowest BCUT2D eigenvalue weighted by atomic mass is 10.0. The molecule has 1 amide bonds. The molecule has 0 radical (unpaired) electrons. The Morgan fingerprint density at radius 2 is 1.96 bits per heavy atom. The number of nitrogens with zero attached hydrogens (tertiary/aromatic N) is 1. The van der Waals surface area contributed by atoms with E-state index in [1.807, 2.05) is 30.3 Å². The van der Waals surface area contributed by atoms with Gasteiger partial charge in [-0.3, -0.25) is 9.59 Å². The number of nitrogen functional groups attached to an aromatic ring is 1. The Labute approximate surface area is 139 Å². The van der Waals surface area contributed by atoms with E-state index in [1.165, 1.54) is 4.90 Å². The number of nitrogens with two attached hydrogens (primary N) is 1. The number of anilines is 2. The van der Waals surface area contributed by atoms with Crippen LogP contribution in [0.2, 0.25) is 0 Å². The summed E-state index contributed by atoms with van der Waals surface area (Å²) in [6, 6.07) is 14.6. The van der Waals surface area contributed by atoms with Crippen LogP contribution in [-0.4, -0.2) is 29.6 Å². The van der Waals surface area contributed by atoms with E-state index in [-0.39, 0.29) is 18.9 Å². The standard InChI is InChI=1S/C18H18N2O4/c19-13-6-7-14-15(11-13)24-16(10-12-4-2-1-3-5-12)18(23)20(14)9-8-17(21)22/h1-7,11,16H,8-10,19H2,(H,21,22). The van der Waals surface area contributed by atoms with Gasteiger partial charge in [-0.25, -0.2) is 0 Å². The third kappa shape index (κ3) is 3.32. The van der Waals surface area contributed by atoms with E-state index in [2.05, 4.69) is 0 Å². The van der Waals surface area contributed by atoms with Crippen LogP contribution in [0.25, 0.3) is 0 Å². The molecular formula is C18H18N2O4. The predicted molar refractivity (Wildman–Crippen MR) is 90.0 cm³/mol. The van der Waals surface area contributed by atoms with E-state index in [0.717, 1.165) is 5.56 Å². The van der Waals surface area contributed by atoms with Crippen molar-refractivity contribution in [1.29, 1.82) is 0 Å². The molecule has 1 aliphatic heterocycles. The molecular weight excluding hydrogens is 308 g/mol. The molecule has 0 spiro atoms. The van der Waals surface area contributed by atoms with E-state index in [1.54, 1.807) is 18.2 Å². The minimum Gasteiger partial charge on any atom is -0.481 e. The number of rotatable bonds is 5. The van der Waals surface area contributed by atoms with Crippen molar-refractivity contribution in [3.8, 4) is 5.75 Å². The first-order chi connectivity index (χ1) is 11.5. The molecule has 0 bridgehead atoms. The van der Waals surface area contributed by atoms with Crippen molar-refractivity contribution in [2.75, 3.05) is 17.2 Å². The SMILES string of the molecule is Nc1ccc2c(c1)OC(Cc1ccccc1)C(=O)N2CCC(=O)O. The Morgan fingerprint density at radius 3 is 2.67 bits per heavy atom. The van der Waals surface area contributed by atoms with E-state index in [0.29, 0.717) is 23.5 Å². The molecule has 0 aliphatic carbocycles. The Hall–Kier alpha value is -3.02. The summed E-state index contributed by atoms with van der Waals surface area (Å²) in [5, 5.41) is 8.93. The number of carboxylic acid groups (broad SMARTS) is 1. The van der Waals surface area contributed by atoms with Gasteiger partial charge in [0.15, 0.2) is 6.10 Å². The van der Waals surface area contributed by atoms with Crippen molar-refractivity contribution in [2.45, 2.75) is 18.9 Å². The Morgan fingerprint density at radius 1 is 1.21 bits per heavy atom. The molecule has 2 aromatic rings. The number of hydrogen-bond donors (Lipinski definition) is 2. The average molecular weight is 326 g/mol. The molecule has 24 heavy (non-hydrogen) atoms. The minimum atomic E-state index is -0.953. The van der Waals surface area contributed by atoms with Crippen LogP contribution in [0.3, 0.4) is 0 Å². The first kappa shape index (κ1) is 15.9. The van der Waals surface area contributed by atoms with Crippen LogP contribution in [0.15, 0.2) is 48.5 Å². The fraction of sp³-hybridized carbons (Fsp3) is 0.222. The van der Waals surface area contributed by atoms with Crippen LogP contribution < -0.4 is 15.4 Å². The van der Waals surface area contributed by atoms with Gasteiger partial charge in [0.05, 0.1) is 12.1 Å². The summed E-state index contributed by atoms with van der Waals surface area (Å²) in [7, 11) is 0. The first-order valence-electron chi connectivity index (χ1n) is 7.68. The molecule has 1 unspecified atom stereocenters. The lowest BCUT2D eigenvalue weighted by molar-refractivity contribution is -0.136. The van der Waals surface area contributed by atoms with Gasteiger partial charge < -0.3 is 20.5 Å². The summed E-state index contributed by atoms with van der Waals surface area (Å²) in [4.78, 5) is 25.1. The van der Waals surface area contributed by atoms with Gasteiger partial charge in [-0.1, -0.05) is 30.3 Å². The summed E-state index contributed by atoms with van der Waals surface area (Å²) in [5.41, 5.74) is 7.86. The largest absolute Gasteiger partial charge is 0.481 e. The number of carbonyl (C=O) groups excluding carboxylic acids is 1. The third-order valence-electron chi connectivity index (χ3n) is 3.90. The van der Waals surface area contributed by atoms with E-state index >= 15 is 0 Å². The van der Waals surface area contributed by atoms with E-state index < -0.39 is 12.1 Å². The zero-order valence-electron chi connectivity index (χ0n) is 13.0. The highest BCUT2D eigenvalue weighted by atomic mass is 16.5. The van der Waals surface area contributed by atoms with Crippen LogP contribution in [0.5, 0.6) is 5.75 Å². The van der Waals surface area contributed by atoms with E-state index in [4.69, 9.17) is 15.6 Å². The summed E-state index contributed by atoms with van der Waals surface area (Å²) in [5.74, 6) is -0.691. The summed E-state index contributed by atoms with van der Waals surface area (Å²) in [6.45, 7) is 0.0970.